The molecular formula is C13H12Cl2N2O. The number of halogens is 2. The molecule has 0 saturated heterocycles. The minimum Gasteiger partial charge on any atom is -0.387 e. The van der Waals surface area contributed by atoms with Crippen molar-refractivity contribution in [3.63, 3.8) is 0 Å². The lowest BCUT2D eigenvalue weighted by atomic mass is 10.1. The quantitative estimate of drug-likeness (QED) is 0.929. The summed E-state index contributed by atoms with van der Waals surface area (Å²) in [7, 11) is 0. The molecule has 1 aromatic heterocycles. The third-order valence-corrected chi connectivity index (χ3v) is 3.15. The summed E-state index contributed by atoms with van der Waals surface area (Å²) < 4.78 is 0. The predicted molar refractivity (Wildman–Crippen MR) is 72.7 cm³/mol. The van der Waals surface area contributed by atoms with Crippen molar-refractivity contribution in [3.8, 4) is 11.3 Å². The van der Waals surface area contributed by atoms with Crippen LogP contribution in [0.2, 0.25) is 10.0 Å². The van der Waals surface area contributed by atoms with Gasteiger partial charge in [0.1, 0.15) is 0 Å². The second-order valence-corrected chi connectivity index (χ2v) is 4.72. The van der Waals surface area contributed by atoms with Crippen molar-refractivity contribution in [2.75, 3.05) is 0 Å². The topological polar surface area (TPSA) is 46.0 Å². The Labute approximate surface area is 115 Å². The number of aliphatic hydroxyl groups excluding tert-OH is 1. The van der Waals surface area contributed by atoms with E-state index in [4.69, 9.17) is 23.2 Å². The number of rotatable bonds is 3. The van der Waals surface area contributed by atoms with Gasteiger partial charge in [-0.2, -0.15) is 0 Å². The summed E-state index contributed by atoms with van der Waals surface area (Å²) in [5.41, 5.74) is 1.99. The second kappa shape index (κ2) is 5.65. The number of benzene rings is 1. The lowest BCUT2D eigenvalue weighted by molar-refractivity contribution is 0.168. The van der Waals surface area contributed by atoms with Crippen LogP contribution in [0.15, 0.2) is 30.6 Å². The van der Waals surface area contributed by atoms with Gasteiger partial charge in [-0.25, -0.2) is 0 Å². The van der Waals surface area contributed by atoms with Gasteiger partial charge in [0.05, 0.1) is 34.9 Å². The van der Waals surface area contributed by atoms with Gasteiger partial charge < -0.3 is 5.11 Å². The van der Waals surface area contributed by atoms with E-state index in [1.807, 2.05) is 6.92 Å². The van der Waals surface area contributed by atoms with E-state index in [2.05, 4.69) is 9.97 Å². The number of aromatic nitrogens is 2. The van der Waals surface area contributed by atoms with E-state index >= 15 is 0 Å². The molecule has 2 rings (SSSR count). The second-order valence-electron chi connectivity index (χ2n) is 3.87. The summed E-state index contributed by atoms with van der Waals surface area (Å²) in [5.74, 6) is 0. The standard InChI is InChI=1S/C13H12Cl2N2O/c1-2-13(18)12-7-16-11(6-17-12)9-4-3-8(14)5-10(9)15/h3-7,13,18H,2H2,1H3. The van der Waals surface area contributed by atoms with E-state index in [1.54, 1.807) is 30.6 Å². The minimum absolute atomic E-state index is 0.528. The van der Waals surface area contributed by atoms with Gasteiger partial charge in [-0.15, -0.1) is 0 Å². The first-order valence-electron chi connectivity index (χ1n) is 5.57. The molecule has 0 fully saturated rings. The first-order valence-corrected chi connectivity index (χ1v) is 6.33. The molecule has 0 bridgehead atoms. The lowest BCUT2D eigenvalue weighted by Crippen LogP contribution is -2.00. The van der Waals surface area contributed by atoms with E-state index < -0.39 is 6.10 Å². The highest BCUT2D eigenvalue weighted by Crippen LogP contribution is 2.28. The van der Waals surface area contributed by atoms with Crippen LogP contribution in [0.3, 0.4) is 0 Å². The molecule has 1 unspecified atom stereocenters. The van der Waals surface area contributed by atoms with E-state index in [-0.39, 0.29) is 0 Å². The Morgan fingerprint density at radius 1 is 1.22 bits per heavy atom. The molecule has 1 atom stereocenters. The van der Waals surface area contributed by atoms with Gasteiger partial charge >= 0.3 is 0 Å². The van der Waals surface area contributed by atoms with Gasteiger partial charge in [0.25, 0.3) is 0 Å². The summed E-state index contributed by atoms with van der Waals surface area (Å²) in [5, 5.41) is 10.7. The summed E-state index contributed by atoms with van der Waals surface area (Å²) in [6.45, 7) is 1.89. The van der Waals surface area contributed by atoms with Crippen LogP contribution in [-0.4, -0.2) is 15.1 Å². The zero-order valence-corrected chi connectivity index (χ0v) is 11.3. The lowest BCUT2D eigenvalue weighted by Gasteiger charge is -2.08. The van der Waals surface area contributed by atoms with Crippen LogP contribution in [0, 0.1) is 0 Å². The highest BCUT2D eigenvalue weighted by atomic mass is 35.5. The summed E-state index contributed by atoms with van der Waals surface area (Å²) in [6, 6.07) is 5.21. The largest absolute Gasteiger partial charge is 0.387 e. The molecule has 0 spiro atoms. The van der Waals surface area contributed by atoms with Crippen LogP contribution in [0.1, 0.15) is 25.1 Å². The van der Waals surface area contributed by atoms with Crippen molar-refractivity contribution < 1.29 is 5.11 Å². The van der Waals surface area contributed by atoms with E-state index in [1.165, 1.54) is 0 Å². The third kappa shape index (κ3) is 2.80. The molecule has 1 aromatic carbocycles. The Hall–Kier alpha value is -1.16. The number of hydrogen-bond donors (Lipinski definition) is 1. The molecule has 3 nitrogen and oxygen atoms in total. The van der Waals surface area contributed by atoms with Crippen LogP contribution in [0.25, 0.3) is 11.3 Å². The summed E-state index contributed by atoms with van der Waals surface area (Å²) in [6.07, 6.45) is 3.19. The molecule has 18 heavy (non-hydrogen) atoms. The number of hydrogen-bond acceptors (Lipinski definition) is 3. The average molecular weight is 283 g/mol. The zero-order valence-electron chi connectivity index (χ0n) is 9.77. The maximum atomic E-state index is 9.64. The zero-order chi connectivity index (χ0) is 13.1. The molecule has 0 aliphatic heterocycles. The number of nitrogens with zero attached hydrogens (tertiary/aromatic N) is 2. The Balaban J connectivity index is 2.34. The first-order chi connectivity index (χ1) is 8.61. The summed E-state index contributed by atoms with van der Waals surface area (Å²) in [4.78, 5) is 8.44. The molecule has 0 amide bonds. The van der Waals surface area contributed by atoms with Crippen molar-refractivity contribution in [3.05, 3.63) is 46.3 Å². The van der Waals surface area contributed by atoms with Crippen molar-refractivity contribution in [2.24, 2.45) is 0 Å². The molecule has 1 N–H and O–H groups in total. The molecule has 5 heteroatoms. The predicted octanol–water partition coefficient (Wildman–Crippen LogP) is 3.89. The Morgan fingerprint density at radius 3 is 2.56 bits per heavy atom. The van der Waals surface area contributed by atoms with Crippen molar-refractivity contribution in [1.82, 2.24) is 9.97 Å². The van der Waals surface area contributed by atoms with Crippen LogP contribution in [0.5, 0.6) is 0 Å². The van der Waals surface area contributed by atoms with Crippen molar-refractivity contribution in [2.45, 2.75) is 19.4 Å². The molecule has 94 valence electrons. The van der Waals surface area contributed by atoms with Crippen LogP contribution >= 0.6 is 23.2 Å². The fraction of sp³-hybridized carbons (Fsp3) is 0.231. The highest BCUT2D eigenvalue weighted by Gasteiger charge is 2.09. The van der Waals surface area contributed by atoms with Crippen molar-refractivity contribution in [1.29, 1.82) is 0 Å². The number of aliphatic hydroxyl groups is 1. The fourth-order valence-electron chi connectivity index (χ4n) is 1.56. The highest BCUT2D eigenvalue weighted by molar-refractivity contribution is 6.36. The monoisotopic (exact) mass is 282 g/mol. The smallest absolute Gasteiger partial charge is 0.0972 e. The normalized spacial score (nSPS) is 12.4. The molecule has 0 aliphatic rings. The average Bonchev–Trinajstić information content (AvgIpc) is 2.38. The van der Waals surface area contributed by atoms with E-state index in [9.17, 15) is 5.11 Å². The molecule has 0 saturated carbocycles. The molecule has 0 aliphatic carbocycles. The van der Waals surface area contributed by atoms with Crippen molar-refractivity contribution >= 4 is 23.2 Å². The Kier molecular flexibility index (Phi) is 4.17. The molecule has 2 aromatic rings. The maximum absolute atomic E-state index is 9.64. The molecule has 1 heterocycles. The SMILES string of the molecule is CCC(O)c1cnc(-c2ccc(Cl)cc2Cl)cn1. The molecule has 0 radical (unpaired) electrons. The van der Waals surface area contributed by atoms with E-state index in [0.29, 0.717) is 27.9 Å². The Bertz CT molecular complexity index is 543. The first kappa shape index (κ1) is 13.3. The van der Waals surface area contributed by atoms with Gasteiger partial charge in [0.2, 0.25) is 0 Å². The Morgan fingerprint density at radius 2 is 2.00 bits per heavy atom. The van der Waals surface area contributed by atoms with Crippen LogP contribution in [0.4, 0.5) is 0 Å². The minimum atomic E-state index is -0.577. The van der Waals surface area contributed by atoms with Gasteiger partial charge in [-0.1, -0.05) is 30.1 Å². The fourth-order valence-corrected chi connectivity index (χ4v) is 2.06. The van der Waals surface area contributed by atoms with Gasteiger partial charge in [0.15, 0.2) is 0 Å². The third-order valence-electron chi connectivity index (χ3n) is 2.61. The van der Waals surface area contributed by atoms with Crippen LogP contribution < -0.4 is 0 Å². The molecular weight excluding hydrogens is 271 g/mol. The maximum Gasteiger partial charge on any atom is 0.0972 e. The summed E-state index contributed by atoms with van der Waals surface area (Å²) >= 11 is 11.9. The van der Waals surface area contributed by atoms with Gasteiger partial charge in [-0.05, 0) is 24.6 Å². The van der Waals surface area contributed by atoms with Gasteiger partial charge in [-0.3, -0.25) is 9.97 Å². The van der Waals surface area contributed by atoms with E-state index in [0.717, 1.165) is 5.56 Å². The van der Waals surface area contributed by atoms with Gasteiger partial charge in [0, 0.05) is 10.6 Å². The van der Waals surface area contributed by atoms with Crippen LogP contribution in [-0.2, 0) is 0 Å².